The Kier molecular flexibility index (Phi) is 3.09. The Morgan fingerprint density at radius 3 is 2.68 bits per heavy atom. The highest BCUT2D eigenvalue weighted by molar-refractivity contribution is 5.84. The van der Waals surface area contributed by atoms with Crippen molar-refractivity contribution in [1.82, 2.24) is 4.90 Å². The summed E-state index contributed by atoms with van der Waals surface area (Å²) in [6.07, 6.45) is 2.73. The number of hydrogen-bond donors (Lipinski definition) is 1. The molecule has 1 amide bonds. The lowest BCUT2D eigenvalue weighted by atomic mass is 9.89. The van der Waals surface area contributed by atoms with Gasteiger partial charge in [-0.25, -0.2) is 0 Å². The van der Waals surface area contributed by atoms with Gasteiger partial charge in [-0.2, -0.15) is 0 Å². The van der Waals surface area contributed by atoms with Crippen molar-refractivity contribution in [2.45, 2.75) is 37.7 Å². The molecule has 3 nitrogen and oxygen atoms in total. The third-order valence-electron chi connectivity index (χ3n) is 4.33. The fourth-order valence-corrected chi connectivity index (χ4v) is 3.21. The topological polar surface area (TPSA) is 40.5 Å². The highest BCUT2D eigenvalue weighted by atomic mass is 16.3. The van der Waals surface area contributed by atoms with Gasteiger partial charge in [0.2, 0.25) is 5.91 Å². The van der Waals surface area contributed by atoms with Gasteiger partial charge < -0.3 is 10.0 Å². The number of rotatable bonds is 4. The molecule has 19 heavy (non-hydrogen) atoms. The summed E-state index contributed by atoms with van der Waals surface area (Å²) < 4.78 is 0. The molecule has 102 valence electrons. The van der Waals surface area contributed by atoms with E-state index in [1.807, 2.05) is 23.1 Å². The summed E-state index contributed by atoms with van der Waals surface area (Å²) in [5.74, 6) is 0.775. The monoisotopic (exact) mass is 259 g/mol. The molecule has 1 heterocycles. The molecule has 2 aliphatic rings. The Morgan fingerprint density at radius 2 is 2.05 bits per heavy atom. The lowest BCUT2D eigenvalue weighted by Gasteiger charge is -2.46. The van der Waals surface area contributed by atoms with E-state index in [4.69, 9.17) is 0 Å². The summed E-state index contributed by atoms with van der Waals surface area (Å²) in [5, 5.41) is 10.1. The zero-order valence-electron chi connectivity index (χ0n) is 11.4. The van der Waals surface area contributed by atoms with Crippen LogP contribution in [0, 0.1) is 5.92 Å². The van der Waals surface area contributed by atoms with Crippen LogP contribution >= 0.6 is 0 Å². The smallest absolute Gasteiger partial charge is 0.226 e. The number of aliphatic hydroxyl groups is 1. The lowest BCUT2D eigenvalue weighted by Crippen LogP contribution is -2.63. The largest absolute Gasteiger partial charge is 0.386 e. The van der Waals surface area contributed by atoms with Gasteiger partial charge >= 0.3 is 0 Å². The predicted molar refractivity (Wildman–Crippen MR) is 73.7 cm³/mol. The van der Waals surface area contributed by atoms with Gasteiger partial charge in [0, 0.05) is 5.92 Å². The number of carbonyl (C=O) groups is 1. The standard InChI is InChI=1S/C16H21NO2/c1-2-8-16(19)10-17(11-16)15(18)14-9-13(14)12-6-4-3-5-7-12/h3-7,13-14,19H,2,8-11H2,1H3. The average Bonchev–Trinajstić information content (AvgIpc) is 3.16. The maximum Gasteiger partial charge on any atom is 0.226 e. The van der Waals surface area contributed by atoms with Gasteiger partial charge in [-0.1, -0.05) is 43.7 Å². The van der Waals surface area contributed by atoms with Gasteiger partial charge in [0.15, 0.2) is 0 Å². The Bertz CT molecular complexity index is 465. The first-order valence-electron chi connectivity index (χ1n) is 7.19. The molecule has 3 rings (SSSR count). The van der Waals surface area contributed by atoms with Crippen LogP contribution in [0.2, 0.25) is 0 Å². The molecule has 1 aliphatic heterocycles. The zero-order valence-corrected chi connectivity index (χ0v) is 11.4. The van der Waals surface area contributed by atoms with Crippen molar-refractivity contribution in [2.24, 2.45) is 5.92 Å². The molecule has 1 saturated carbocycles. The van der Waals surface area contributed by atoms with Crippen LogP contribution < -0.4 is 0 Å². The third kappa shape index (κ3) is 2.39. The van der Waals surface area contributed by atoms with E-state index in [0.717, 1.165) is 19.3 Å². The number of benzene rings is 1. The normalized spacial score (nSPS) is 27.8. The minimum Gasteiger partial charge on any atom is -0.386 e. The molecular formula is C16H21NO2. The number of nitrogens with zero attached hydrogens (tertiary/aromatic N) is 1. The molecule has 3 heteroatoms. The molecule has 1 aromatic rings. The molecule has 0 radical (unpaired) electrons. The second-order valence-corrected chi connectivity index (χ2v) is 6.03. The van der Waals surface area contributed by atoms with Gasteiger partial charge in [-0.3, -0.25) is 4.79 Å². The van der Waals surface area contributed by atoms with Crippen molar-refractivity contribution < 1.29 is 9.90 Å². The SMILES string of the molecule is CCCC1(O)CN(C(=O)C2CC2c2ccccc2)C1. The maximum atomic E-state index is 12.3. The molecule has 1 aliphatic carbocycles. The lowest BCUT2D eigenvalue weighted by molar-refractivity contribution is -0.158. The van der Waals surface area contributed by atoms with Crippen LogP contribution in [0.15, 0.2) is 30.3 Å². The summed E-state index contributed by atoms with van der Waals surface area (Å²) >= 11 is 0. The van der Waals surface area contributed by atoms with Gasteiger partial charge in [0.05, 0.1) is 18.7 Å². The second-order valence-electron chi connectivity index (χ2n) is 6.03. The summed E-state index contributed by atoms with van der Waals surface area (Å²) in [6, 6.07) is 10.3. The van der Waals surface area contributed by atoms with E-state index in [2.05, 4.69) is 19.1 Å². The molecule has 1 N–H and O–H groups in total. The highest BCUT2D eigenvalue weighted by Crippen LogP contribution is 2.49. The van der Waals surface area contributed by atoms with Crippen molar-refractivity contribution in [3.63, 3.8) is 0 Å². The van der Waals surface area contributed by atoms with E-state index in [1.165, 1.54) is 5.56 Å². The number of amides is 1. The Labute approximate surface area is 114 Å². The summed E-state index contributed by atoms with van der Waals surface area (Å²) in [6.45, 7) is 3.12. The van der Waals surface area contributed by atoms with Crippen molar-refractivity contribution in [2.75, 3.05) is 13.1 Å². The number of hydrogen-bond acceptors (Lipinski definition) is 2. The number of carbonyl (C=O) groups excluding carboxylic acids is 1. The first-order chi connectivity index (χ1) is 9.13. The minimum atomic E-state index is -0.610. The van der Waals surface area contributed by atoms with Gasteiger partial charge in [0.25, 0.3) is 0 Å². The van der Waals surface area contributed by atoms with E-state index in [0.29, 0.717) is 19.0 Å². The molecule has 1 aromatic carbocycles. The van der Waals surface area contributed by atoms with Crippen LogP contribution in [0.3, 0.4) is 0 Å². The highest BCUT2D eigenvalue weighted by Gasteiger charge is 2.51. The van der Waals surface area contributed by atoms with Gasteiger partial charge in [0.1, 0.15) is 0 Å². The molecule has 2 fully saturated rings. The van der Waals surface area contributed by atoms with E-state index in [9.17, 15) is 9.90 Å². The molecule has 2 unspecified atom stereocenters. The first-order valence-corrected chi connectivity index (χ1v) is 7.19. The third-order valence-corrected chi connectivity index (χ3v) is 4.33. The molecule has 0 spiro atoms. The van der Waals surface area contributed by atoms with Gasteiger partial charge in [-0.15, -0.1) is 0 Å². The van der Waals surface area contributed by atoms with E-state index >= 15 is 0 Å². The van der Waals surface area contributed by atoms with Crippen LogP contribution in [-0.2, 0) is 4.79 Å². The van der Waals surface area contributed by atoms with E-state index in [-0.39, 0.29) is 11.8 Å². The Hall–Kier alpha value is -1.35. The second kappa shape index (κ2) is 4.64. The van der Waals surface area contributed by atoms with Crippen molar-refractivity contribution in [1.29, 1.82) is 0 Å². The van der Waals surface area contributed by atoms with Crippen molar-refractivity contribution in [3.8, 4) is 0 Å². The fraction of sp³-hybridized carbons (Fsp3) is 0.562. The summed E-state index contributed by atoms with van der Waals surface area (Å²) in [4.78, 5) is 14.1. The summed E-state index contributed by atoms with van der Waals surface area (Å²) in [5.41, 5.74) is 0.659. The minimum absolute atomic E-state index is 0.147. The van der Waals surface area contributed by atoms with Crippen molar-refractivity contribution >= 4 is 5.91 Å². The molecular weight excluding hydrogens is 238 g/mol. The Morgan fingerprint density at radius 1 is 1.37 bits per heavy atom. The van der Waals surface area contributed by atoms with Crippen LogP contribution in [0.25, 0.3) is 0 Å². The van der Waals surface area contributed by atoms with Gasteiger partial charge in [-0.05, 0) is 24.3 Å². The number of β-amino-alcohol motifs (C(OH)–C–C–N with tert-alkyl or cyclic N) is 1. The molecule has 0 aromatic heterocycles. The summed E-state index contributed by atoms with van der Waals surface area (Å²) in [7, 11) is 0. The van der Waals surface area contributed by atoms with Crippen LogP contribution in [0.4, 0.5) is 0 Å². The molecule has 0 bridgehead atoms. The van der Waals surface area contributed by atoms with E-state index in [1.54, 1.807) is 0 Å². The maximum absolute atomic E-state index is 12.3. The molecule has 2 atom stereocenters. The van der Waals surface area contributed by atoms with Crippen LogP contribution in [0.5, 0.6) is 0 Å². The van der Waals surface area contributed by atoms with Crippen LogP contribution in [0.1, 0.15) is 37.7 Å². The van der Waals surface area contributed by atoms with Crippen LogP contribution in [-0.4, -0.2) is 34.6 Å². The quantitative estimate of drug-likeness (QED) is 0.900. The van der Waals surface area contributed by atoms with E-state index < -0.39 is 5.60 Å². The Balaban J connectivity index is 1.55. The number of likely N-dealkylation sites (tertiary alicyclic amines) is 1. The molecule has 1 saturated heterocycles. The fourth-order valence-electron chi connectivity index (χ4n) is 3.21. The first kappa shape index (κ1) is 12.7. The van der Waals surface area contributed by atoms with Crippen molar-refractivity contribution in [3.05, 3.63) is 35.9 Å². The predicted octanol–water partition coefficient (Wildman–Crippen LogP) is 2.16. The average molecular weight is 259 g/mol. The zero-order chi connectivity index (χ0) is 13.5.